The second-order valence-corrected chi connectivity index (χ2v) is 7.36. The Hall–Kier alpha value is -2.84. The maximum absolute atomic E-state index is 12.7. The van der Waals surface area contributed by atoms with E-state index in [1.165, 1.54) is 11.3 Å². The highest BCUT2D eigenvalue weighted by Gasteiger charge is 2.15. The van der Waals surface area contributed by atoms with Crippen molar-refractivity contribution in [3.63, 3.8) is 0 Å². The molecule has 2 aromatic carbocycles. The molecule has 1 saturated heterocycles. The number of carbonyl (C=O) groups is 1. The van der Waals surface area contributed by atoms with Gasteiger partial charge in [-0.05, 0) is 30.3 Å². The highest BCUT2D eigenvalue weighted by atomic mass is 32.1. The molecule has 1 N–H and O–H groups in total. The van der Waals surface area contributed by atoms with Gasteiger partial charge in [0.15, 0.2) is 5.13 Å². The molecular formula is C20H21N3O4S. The molecule has 0 aliphatic carbocycles. The summed E-state index contributed by atoms with van der Waals surface area (Å²) in [5.74, 6) is 0.859. The van der Waals surface area contributed by atoms with Crippen LogP contribution < -0.4 is 19.7 Å². The van der Waals surface area contributed by atoms with Gasteiger partial charge in [-0.15, -0.1) is 0 Å². The van der Waals surface area contributed by atoms with Crippen molar-refractivity contribution in [2.45, 2.75) is 0 Å². The Morgan fingerprint density at radius 3 is 2.50 bits per heavy atom. The molecular weight excluding hydrogens is 378 g/mol. The minimum absolute atomic E-state index is 0.260. The number of nitrogens with zero attached hydrogens (tertiary/aromatic N) is 2. The zero-order valence-corrected chi connectivity index (χ0v) is 16.5. The SMILES string of the molecule is COc1cc(OC)cc(C(=O)Nc2nc3ccc(N4CCOCC4)cc3s2)c1. The molecule has 0 saturated carbocycles. The third kappa shape index (κ3) is 3.88. The number of rotatable bonds is 5. The molecule has 0 atom stereocenters. The van der Waals surface area contributed by atoms with E-state index in [9.17, 15) is 4.79 Å². The standard InChI is InChI=1S/C20H21N3O4S/c1-25-15-9-13(10-16(12-15)26-2)19(24)22-20-21-17-4-3-14(11-18(17)28-20)23-5-7-27-8-6-23/h3-4,9-12H,5-8H2,1-2H3,(H,21,22,24). The van der Waals surface area contributed by atoms with Gasteiger partial charge in [-0.25, -0.2) is 4.98 Å². The van der Waals surface area contributed by atoms with Crippen molar-refractivity contribution in [3.05, 3.63) is 42.0 Å². The Morgan fingerprint density at radius 1 is 1.11 bits per heavy atom. The molecule has 0 spiro atoms. The molecule has 1 amide bonds. The van der Waals surface area contributed by atoms with Gasteiger partial charge in [-0.1, -0.05) is 11.3 Å². The number of ether oxygens (including phenoxy) is 3. The number of hydrogen-bond acceptors (Lipinski definition) is 7. The Bertz CT molecular complexity index is 976. The highest BCUT2D eigenvalue weighted by Crippen LogP contribution is 2.31. The molecule has 1 aromatic heterocycles. The van der Waals surface area contributed by atoms with E-state index in [0.29, 0.717) is 22.2 Å². The van der Waals surface area contributed by atoms with Crippen molar-refractivity contribution >= 4 is 38.3 Å². The molecule has 0 radical (unpaired) electrons. The van der Waals surface area contributed by atoms with Crippen molar-refractivity contribution < 1.29 is 19.0 Å². The first-order valence-electron chi connectivity index (χ1n) is 8.94. The number of carbonyl (C=O) groups excluding carboxylic acids is 1. The number of methoxy groups -OCH3 is 2. The largest absolute Gasteiger partial charge is 0.497 e. The summed E-state index contributed by atoms with van der Waals surface area (Å²) in [5.41, 5.74) is 2.46. The summed E-state index contributed by atoms with van der Waals surface area (Å²) in [5, 5.41) is 3.43. The molecule has 28 heavy (non-hydrogen) atoms. The third-order valence-electron chi connectivity index (χ3n) is 4.58. The predicted octanol–water partition coefficient (Wildman–Crippen LogP) is 3.40. The van der Waals surface area contributed by atoms with Crippen LogP contribution in [0.4, 0.5) is 10.8 Å². The summed E-state index contributed by atoms with van der Waals surface area (Å²) in [6.07, 6.45) is 0. The zero-order chi connectivity index (χ0) is 19.5. The Kier molecular flexibility index (Phi) is 5.31. The second-order valence-electron chi connectivity index (χ2n) is 6.33. The topological polar surface area (TPSA) is 72.9 Å². The molecule has 4 rings (SSSR count). The quantitative estimate of drug-likeness (QED) is 0.709. The minimum atomic E-state index is -0.260. The summed E-state index contributed by atoms with van der Waals surface area (Å²) < 4.78 is 16.9. The summed E-state index contributed by atoms with van der Waals surface area (Å²) in [6, 6.07) is 11.2. The van der Waals surface area contributed by atoms with Gasteiger partial charge in [-0.3, -0.25) is 10.1 Å². The monoisotopic (exact) mass is 399 g/mol. The highest BCUT2D eigenvalue weighted by molar-refractivity contribution is 7.22. The molecule has 3 aromatic rings. The first kappa shape index (κ1) is 18.5. The number of benzene rings is 2. The van der Waals surface area contributed by atoms with Gasteiger partial charge in [0.1, 0.15) is 11.5 Å². The lowest BCUT2D eigenvalue weighted by Crippen LogP contribution is -2.36. The van der Waals surface area contributed by atoms with E-state index in [0.717, 1.165) is 42.2 Å². The van der Waals surface area contributed by atoms with E-state index < -0.39 is 0 Å². The molecule has 0 bridgehead atoms. The molecule has 146 valence electrons. The summed E-state index contributed by atoms with van der Waals surface area (Å²) in [7, 11) is 3.10. The molecule has 2 heterocycles. The van der Waals surface area contributed by atoms with Crippen LogP contribution in [0.2, 0.25) is 0 Å². The van der Waals surface area contributed by atoms with Crippen LogP contribution in [-0.4, -0.2) is 51.4 Å². The van der Waals surface area contributed by atoms with E-state index in [1.807, 2.05) is 6.07 Å². The number of nitrogens with one attached hydrogen (secondary N) is 1. The van der Waals surface area contributed by atoms with Crippen molar-refractivity contribution in [3.8, 4) is 11.5 Å². The van der Waals surface area contributed by atoms with Gasteiger partial charge in [-0.2, -0.15) is 0 Å². The van der Waals surface area contributed by atoms with Crippen molar-refractivity contribution in [1.82, 2.24) is 4.98 Å². The summed E-state index contributed by atoms with van der Waals surface area (Å²) >= 11 is 1.45. The van der Waals surface area contributed by atoms with Crippen LogP contribution in [0.3, 0.4) is 0 Å². The van der Waals surface area contributed by atoms with E-state index in [-0.39, 0.29) is 5.91 Å². The number of hydrogen-bond donors (Lipinski definition) is 1. The number of fused-ring (bicyclic) bond motifs is 1. The van der Waals surface area contributed by atoms with E-state index in [2.05, 4.69) is 27.3 Å². The average molecular weight is 399 g/mol. The number of thiazole rings is 1. The fraction of sp³-hybridized carbons (Fsp3) is 0.300. The molecule has 1 aliphatic rings. The number of anilines is 2. The zero-order valence-electron chi connectivity index (χ0n) is 15.7. The molecule has 1 fully saturated rings. The minimum Gasteiger partial charge on any atom is -0.497 e. The Balaban J connectivity index is 1.55. The molecule has 8 heteroatoms. The van der Waals surface area contributed by atoms with Gasteiger partial charge >= 0.3 is 0 Å². The smallest absolute Gasteiger partial charge is 0.257 e. The van der Waals surface area contributed by atoms with Crippen LogP contribution >= 0.6 is 11.3 Å². The lowest BCUT2D eigenvalue weighted by molar-refractivity contribution is 0.102. The van der Waals surface area contributed by atoms with Crippen LogP contribution in [0.15, 0.2) is 36.4 Å². The first-order valence-corrected chi connectivity index (χ1v) is 9.75. The second kappa shape index (κ2) is 8.04. The van der Waals surface area contributed by atoms with Crippen LogP contribution in [0.5, 0.6) is 11.5 Å². The van der Waals surface area contributed by atoms with Gasteiger partial charge < -0.3 is 19.1 Å². The maximum Gasteiger partial charge on any atom is 0.257 e. The van der Waals surface area contributed by atoms with Crippen molar-refractivity contribution in [1.29, 1.82) is 0 Å². The summed E-state index contributed by atoms with van der Waals surface area (Å²) in [4.78, 5) is 19.5. The summed E-state index contributed by atoms with van der Waals surface area (Å²) in [6.45, 7) is 3.25. The van der Waals surface area contributed by atoms with Crippen LogP contribution in [0.25, 0.3) is 10.2 Å². The number of morpholine rings is 1. The van der Waals surface area contributed by atoms with Crippen LogP contribution in [0, 0.1) is 0 Å². The number of aromatic nitrogens is 1. The fourth-order valence-corrected chi connectivity index (χ4v) is 3.99. The molecule has 0 unspecified atom stereocenters. The molecule has 1 aliphatic heterocycles. The van der Waals surface area contributed by atoms with Crippen molar-refractivity contribution in [2.75, 3.05) is 50.7 Å². The average Bonchev–Trinajstić information content (AvgIpc) is 3.15. The molecule has 7 nitrogen and oxygen atoms in total. The van der Waals surface area contributed by atoms with Gasteiger partial charge in [0.25, 0.3) is 5.91 Å². The predicted molar refractivity (Wildman–Crippen MR) is 110 cm³/mol. The van der Waals surface area contributed by atoms with Gasteiger partial charge in [0.05, 0.1) is 37.6 Å². The lowest BCUT2D eigenvalue weighted by atomic mass is 10.2. The maximum atomic E-state index is 12.7. The fourth-order valence-electron chi connectivity index (χ4n) is 3.09. The van der Waals surface area contributed by atoms with Gasteiger partial charge in [0.2, 0.25) is 0 Å². The first-order chi connectivity index (χ1) is 13.7. The lowest BCUT2D eigenvalue weighted by Gasteiger charge is -2.28. The van der Waals surface area contributed by atoms with E-state index in [1.54, 1.807) is 32.4 Å². The van der Waals surface area contributed by atoms with E-state index >= 15 is 0 Å². The van der Waals surface area contributed by atoms with Gasteiger partial charge in [0, 0.05) is 30.4 Å². The van der Waals surface area contributed by atoms with Crippen molar-refractivity contribution in [2.24, 2.45) is 0 Å². The van der Waals surface area contributed by atoms with Crippen LogP contribution in [0.1, 0.15) is 10.4 Å². The third-order valence-corrected chi connectivity index (χ3v) is 5.52. The number of amides is 1. The normalized spacial score (nSPS) is 14.1. The Labute approximate surface area is 166 Å². The van der Waals surface area contributed by atoms with E-state index in [4.69, 9.17) is 14.2 Å². The Morgan fingerprint density at radius 2 is 1.82 bits per heavy atom. The van der Waals surface area contributed by atoms with Crippen LogP contribution in [-0.2, 0) is 4.74 Å².